The van der Waals surface area contributed by atoms with Gasteiger partial charge in [0.25, 0.3) is 0 Å². The molecule has 8 heteroatoms. The molecule has 23 heavy (non-hydrogen) atoms. The largest absolute Gasteiger partial charge is 0.486 e. The highest BCUT2D eigenvalue weighted by molar-refractivity contribution is 7.98. The van der Waals surface area contributed by atoms with Crippen LogP contribution in [0, 0.1) is 0 Å². The van der Waals surface area contributed by atoms with Crippen molar-refractivity contribution in [1.82, 2.24) is 24.7 Å². The number of hydrogen-bond acceptors (Lipinski definition) is 7. The van der Waals surface area contributed by atoms with Gasteiger partial charge >= 0.3 is 0 Å². The molecule has 7 nitrogen and oxygen atoms in total. The Bertz CT molecular complexity index is 834. The Morgan fingerprint density at radius 3 is 2.61 bits per heavy atom. The van der Waals surface area contributed by atoms with E-state index in [1.54, 1.807) is 17.1 Å². The third kappa shape index (κ3) is 2.61. The van der Waals surface area contributed by atoms with Crippen molar-refractivity contribution < 1.29 is 9.47 Å². The first-order chi connectivity index (χ1) is 11.3. The summed E-state index contributed by atoms with van der Waals surface area (Å²) in [7, 11) is 0. The van der Waals surface area contributed by atoms with E-state index in [4.69, 9.17) is 9.47 Å². The van der Waals surface area contributed by atoms with Crippen LogP contribution in [0.15, 0.2) is 42.1 Å². The van der Waals surface area contributed by atoms with Crippen molar-refractivity contribution in [2.24, 2.45) is 0 Å². The predicted molar refractivity (Wildman–Crippen MR) is 85.2 cm³/mol. The second kappa shape index (κ2) is 5.88. The maximum Gasteiger partial charge on any atom is 0.187 e. The van der Waals surface area contributed by atoms with Crippen LogP contribution in [0.5, 0.6) is 11.5 Å². The van der Waals surface area contributed by atoms with E-state index in [9.17, 15) is 0 Å². The monoisotopic (exact) mass is 327 g/mol. The molecule has 0 saturated heterocycles. The highest BCUT2D eigenvalue weighted by Gasteiger charge is 2.15. The van der Waals surface area contributed by atoms with Crippen LogP contribution in [0.3, 0.4) is 0 Å². The van der Waals surface area contributed by atoms with Crippen LogP contribution in [0.2, 0.25) is 0 Å². The Morgan fingerprint density at radius 2 is 1.83 bits per heavy atom. The number of nitrogens with zero attached hydrogens (tertiary/aromatic N) is 5. The summed E-state index contributed by atoms with van der Waals surface area (Å²) in [6, 6.07) is 5.69. The van der Waals surface area contributed by atoms with Crippen LogP contribution in [-0.4, -0.2) is 44.2 Å². The van der Waals surface area contributed by atoms with Crippen molar-refractivity contribution in [3.63, 3.8) is 0 Å². The van der Waals surface area contributed by atoms with Crippen LogP contribution in [0.25, 0.3) is 17.1 Å². The van der Waals surface area contributed by atoms with Gasteiger partial charge in [0.1, 0.15) is 19.5 Å². The molecule has 116 valence electrons. The van der Waals surface area contributed by atoms with Crippen molar-refractivity contribution in [2.45, 2.75) is 5.16 Å². The van der Waals surface area contributed by atoms with E-state index in [-0.39, 0.29) is 0 Å². The average Bonchev–Trinajstić information content (AvgIpc) is 3.11. The van der Waals surface area contributed by atoms with Gasteiger partial charge in [0.2, 0.25) is 0 Å². The lowest BCUT2D eigenvalue weighted by atomic mass is 10.2. The number of aromatic nitrogens is 5. The molecule has 3 heterocycles. The third-order valence-corrected chi connectivity index (χ3v) is 3.96. The fourth-order valence-corrected chi connectivity index (χ4v) is 2.64. The van der Waals surface area contributed by atoms with Gasteiger partial charge in [-0.15, -0.1) is 0 Å². The van der Waals surface area contributed by atoms with E-state index in [2.05, 4.69) is 20.1 Å². The van der Waals surface area contributed by atoms with Gasteiger partial charge in [0.05, 0.1) is 11.3 Å². The van der Waals surface area contributed by atoms with Crippen molar-refractivity contribution >= 4 is 11.8 Å². The van der Waals surface area contributed by atoms with Crippen molar-refractivity contribution in [2.75, 3.05) is 19.5 Å². The Balaban J connectivity index is 1.74. The molecule has 4 rings (SSSR count). The SMILES string of the molecule is CSc1ncc(-c2ncnn2-c2ccc3c(c2)OCCO3)cn1. The van der Waals surface area contributed by atoms with Gasteiger partial charge < -0.3 is 9.47 Å². The van der Waals surface area contributed by atoms with Crippen LogP contribution in [-0.2, 0) is 0 Å². The zero-order chi connectivity index (χ0) is 15.6. The molecule has 0 unspecified atom stereocenters. The summed E-state index contributed by atoms with van der Waals surface area (Å²) < 4.78 is 12.9. The quantitative estimate of drug-likeness (QED) is 0.539. The molecule has 1 aliphatic rings. The van der Waals surface area contributed by atoms with Crippen LogP contribution in [0.1, 0.15) is 0 Å². The van der Waals surface area contributed by atoms with Crippen molar-refractivity contribution in [3.05, 3.63) is 36.9 Å². The van der Waals surface area contributed by atoms with Gasteiger partial charge in [-0.3, -0.25) is 0 Å². The first kappa shape index (κ1) is 14.0. The number of fused-ring (bicyclic) bond motifs is 1. The second-order valence-corrected chi connectivity index (χ2v) is 5.56. The molecule has 1 aromatic carbocycles. The smallest absolute Gasteiger partial charge is 0.187 e. The fourth-order valence-electron chi connectivity index (χ4n) is 2.33. The van der Waals surface area contributed by atoms with E-state index in [1.165, 1.54) is 18.1 Å². The van der Waals surface area contributed by atoms with E-state index in [1.807, 2.05) is 24.5 Å². The summed E-state index contributed by atoms with van der Waals surface area (Å²) in [6.07, 6.45) is 6.94. The minimum atomic E-state index is 0.546. The highest BCUT2D eigenvalue weighted by Crippen LogP contribution is 2.32. The molecule has 1 aliphatic heterocycles. The third-order valence-electron chi connectivity index (χ3n) is 3.39. The number of benzene rings is 1. The molecule has 0 amide bonds. The summed E-state index contributed by atoms with van der Waals surface area (Å²) in [4.78, 5) is 12.9. The minimum absolute atomic E-state index is 0.546. The molecule has 0 bridgehead atoms. The molecule has 0 spiro atoms. The van der Waals surface area contributed by atoms with Gasteiger partial charge in [0.15, 0.2) is 22.5 Å². The Morgan fingerprint density at radius 1 is 1.04 bits per heavy atom. The summed E-state index contributed by atoms with van der Waals surface area (Å²) in [6.45, 7) is 1.12. The summed E-state index contributed by atoms with van der Waals surface area (Å²) in [5.74, 6) is 2.13. The number of rotatable bonds is 3. The highest BCUT2D eigenvalue weighted by atomic mass is 32.2. The van der Waals surface area contributed by atoms with E-state index >= 15 is 0 Å². The lowest BCUT2D eigenvalue weighted by molar-refractivity contribution is 0.171. The average molecular weight is 327 g/mol. The summed E-state index contributed by atoms with van der Waals surface area (Å²) >= 11 is 1.50. The van der Waals surface area contributed by atoms with Gasteiger partial charge in [-0.25, -0.2) is 19.6 Å². The summed E-state index contributed by atoms with van der Waals surface area (Å²) in [5.41, 5.74) is 1.64. The number of ether oxygens (including phenoxy) is 2. The molecule has 0 radical (unpaired) electrons. The lowest BCUT2D eigenvalue weighted by Crippen LogP contribution is -2.15. The van der Waals surface area contributed by atoms with Gasteiger partial charge in [-0.05, 0) is 18.4 Å². The standard InChI is InChI=1S/C15H13N5O2S/c1-23-15-16-7-10(8-17-15)14-18-9-19-20(14)11-2-3-12-13(6-11)22-5-4-21-12/h2-3,6-9H,4-5H2,1H3. The zero-order valence-corrected chi connectivity index (χ0v) is 13.2. The van der Waals surface area contributed by atoms with Crippen molar-refractivity contribution in [1.29, 1.82) is 0 Å². The molecular formula is C15H13N5O2S. The molecule has 0 saturated carbocycles. The molecular weight excluding hydrogens is 314 g/mol. The Hall–Kier alpha value is -2.61. The van der Waals surface area contributed by atoms with E-state index < -0.39 is 0 Å². The van der Waals surface area contributed by atoms with E-state index in [0.717, 1.165) is 22.2 Å². The topological polar surface area (TPSA) is 75.0 Å². The maximum atomic E-state index is 5.62. The Kier molecular flexibility index (Phi) is 3.58. The predicted octanol–water partition coefficient (Wildman–Crippen LogP) is 2.22. The Labute approximate surface area is 136 Å². The molecule has 0 atom stereocenters. The molecule has 0 N–H and O–H groups in total. The maximum absolute atomic E-state index is 5.62. The van der Waals surface area contributed by atoms with E-state index in [0.29, 0.717) is 24.8 Å². The number of hydrogen-bond donors (Lipinski definition) is 0. The normalized spacial score (nSPS) is 13.1. The van der Waals surface area contributed by atoms with Gasteiger partial charge in [-0.1, -0.05) is 11.8 Å². The van der Waals surface area contributed by atoms with Crippen LogP contribution >= 0.6 is 11.8 Å². The molecule has 0 fully saturated rings. The molecule has 0 aliphatic carbocycles. The minimum Gasteiger partial charge on any atom is -0.486 e. The summed E-state index contributed by atoms with van der Waals surface area (Å²) in [5, 5.41) is 5.02. The fraction of sp³-hybridized carbons (Fsp3) is 0.200. The van der Waals surface area contributed by atoms with Gasteiger partial charge in [0, 0.05) is 18.5 Å². The first-order valence-corrected chi connectivity index (χ1v) is 8.24. The number of thioether (sulfide) groups is 1. The molecule has 3 aromatic rings. The first-order valence-electron chi connectivity index (χ1n) is 7.01. The van der Waals surface area contributed by atoms with Gasteiger partial charge in [-0.2, -0.15) is 5.10 Å². The van der Waals surface area contributed by atoms with Crippen LogP contribution in [0.4, 0.5) is 0 Å². The second-order valence-electron chi connectivity index (χ2n) is 4.78. The van der Waals surface area contributed by atoms with Crippen LogP contribution < -0.4 is 9.47 Å². The van der Waals surface area contributed by atoms with Crippen molar-refractivity contribution in [3.8, 4) is 28.6 Å². The molecule has 2 aromatic heterocycles. The zero-order valence-electron chi connectivity index (χ0n) is 12.3. The lowest BCUT2D eigenvalue weighted by Gasteiger charge is -2.19.